The molecule has 0 unspecified atom stereocenters. The molecule has 0 fully saturated rings. The standard InChI is InChI=1S/C28H24N2O6S/c1-4-35-28(32)19-13-14-25-23(15-19)30(27(31)21-11-7-8-12-24(21)37(25,33)34)16-22-18(3)36-26(29-22)20-10-6-5-9-17(20)2/h5-15H,4,16H2,1-3H3. The van der Waals surface area contributed by atoms with Crippen molar-refractivity contribution in [2.24, 2.45) is 0 Å². The number of nitrogens with zero attached hydrogens (tertiary/aromatic N) is 2. The lowest BCUT2D eigenvalue weighted by molar-refractivity contribution is 0.0526. The van der Waals surface area contributed by atoms with E-state index in [-0.39, 0.29) is 39.8 Å². The molecule has 188 valence electrons. The number of oxazole rings is 1. The van der Waals surface area contributed by atoms with Gasteiger partial charge in [0.05, 0.1) is 39.8 Å². The molecule has 0 saturated carbocycles. The summed E-state index contributed by atoms with van der Waals surface area (Å²) in [5.41, 5.74) is 2.51. The fraction of sp³-hybridized carbons (Fsp3) is 0.179. The first-order chi connectivity index (χ1) is 17.7. The van der Waals surface area contributed by atoms with Crippen LogP contribution in [0, 0.1) is 13.8 Å². The van der Waals surface area contributed by atoms with Crippen LogP contribution >= 0.6 is 0 Å². The number of ether oxygens (including phenoxy) is 1. The number of carbonyl (C=O) groups excluding carboxylic acids is 2. The maximum absolute atomic E-state index is 13.8. The van der Waals surface area contributed by atoms with Crippen molar-refractivity contribution in [2.75, 3.05) is 11.5 Å². The third kappa shape index (κ3) is 4.21. The molecule has 4 aromatic rings. The average Bonchev–Trinajstić information content (AvgIpc) is 3.23. The van der Waals surface area contributed by atoms with Crippen LogP contribution in [0.1, 0.15) is 44.7 Å². The summed E-state index contributed by atoms with van der Waals surface area (Å²) in [5.74, 6) is -0.244. The smallest absolute Gasteiger partial charge is 0.338 e. The number of sulfone groups is 1. The highest BCUT2D eigenvalue weighted by atomic mass is 32.2. The van der Waals surface area contributed by atoms with Crippen LogP contribution in [0.25, 0.3) is 11.5 Å². The predicted octanol–water partition coefficient (Wildman–Crippen LogP) is 5.13. The number of rotatable bonds is 5. The van der Waals surface area contributed by atoms with Crippen LogP contribution in [0.2, 0.25) is 0 Å². The highest BCUT2D eigenvalue weighted by molar-refractivity contribution is 7.91. The van der Waals surface area contributed by atoms with E-state index in [1.54, 1.807) is 26.0 Å². The first-order valence-corrected chi connectivity index (χ1v) is 13.2. The molecule has 5 rings (SSSR count). The number of carbonyl (C=O) groups is 2. The molecule has 0 spiro atoms. The summed E-state index contributed by atoms with van der Waals surface area (Å²) in [5, 5.41) is 0. The minimum Gasteiger partial charge on any atom is -0.462 e. The van der Waals surface area contributed by atoms with Crippen LogP contribution in [0.3, 0.4) is 0 Å². The molecule has 1 aromatic heterocycles. The first kappa shape index (κ1) is 24.5. The summed E-state index contributed by atoms with van der Waals surface area (Å²) in [7, 11) is -4.06. The molecule has 1 aliphatic rings. The van der Waals surface area contributed by atoms with Gasteiger partial charge in [-0.3, -0.25) is 4.79 Å². The SMILES string of the molecule is CCOC(=O)c1ccc2c(c1)N(Cc1nc(-c3ccccc3C)oc1C)C(=O)c1ccccc1S2(=O)=O. The molecular formula is C28H24N2O6S. The van der Waals surface area contributed by atoms with E-state index < -0.39 is 21.7 Å². The quantitative estimate of drug-likeness (QED) is 0.339. The van der Waals surface area contributed by atoms with Crippen LogP contribution < -0.4 is 4.90 Å². The molecule has 2 heterocycles. The molecule has 0 radical (unpaired) electrons. The van der Waals surface area contributed by atoms with Crippen molar-refractivity contribution in [2.45, 2.75) is 37.1 Å². The van der Waals surface area contributed by atoms with Gasteiger partial charge in [-0.2, -0.15) is 0 Å². The summed E-state index contributed by atoms with van der Waals surface area (Å²) in [6, 6.07) is 17.8. The van der Waals surface area contributed by atoms with Crippen molar-refractivity contribution in [3.63, 3.8) is 0 Å². The predicted molar refractivity (Wildman–Crippen MR) is 136 cm³/mol. The van der Waals surface area contributed by atoms with Crippen LogP contribution in [0.15, 0.2) is 80.9 Å². The van der Waals surface area contributed by atoms with E-state index in [4.69, 9.17) is 9.15 Å². The Morgan fingerprint density at radius 3 is 2.41 bits per heavy atom. The lowest BCUT2D eigenvalue weighted by atomic mass is 10.1. The second kappa shape index (κ2) is 9.33. The maximum atomic E-state index is 13.8. The first-order valence-electron chi connectivity index (χ1n) is 11.7. The maximum Gasteiger partial charge on any atom is 0.338 e. The van der Waals surface area contributed by atoms with Gasteiger partial charge in [-0.15, -0.1) is 0 Å². The Balaban J connectivity index is 1.68. The average molecular weight is 517 g/mol. The van der Waals surface area contributed by atoms with Gasteiger partial charge in [0, 0.05) is 5.56 Å². The topological polar surface area (TPSA) is 107 Å². The van der Waals surface area contributed by atoms with Gasteiger partial charge in [-0.25, -0.2) is 18.2 Å². The number of amides is 1. The lowest BCUT2D eigenvalue weighted by Crippen LogP contribution is -2.31. The minimum absolute atomic E-state index is 0.0386. The molecule has 1 aliphatic heterocycles. The normalized spacial score (nSPS) is 14.0. The monoisotopic (exact) mass is 516 g/mol. The Bertz CT molecular complexity index is 1650. The van der Waals surface area contributed by atoms with Gasteiger partial charge < -0.3 is 14.1 Å². The highest BCUT2D eigenvalue weighted by Crippen LogP contribution is 2.38. The molecule has 0 N–H and O–H groups in total. The Hall–Kier alpha value is -4.24. The van der Waals surface area contributed by atoms with Crippen molar-refractivity contribution in [1.29, 1.82) is 0 Å². The highest BCUT2D eigenvalue weighted by Gasteiger charge is 2.37. The number of hydrogen-bond donors (Lipinski definition) is 0. The Labute approximate surface area is 214 Å². The van der Waals surface area contributed by atoms with Crippen molar-refractivity contribution < 1.29 is 27.2 Å². The van der Waals surface area contributed by atoms with E-state index in [1.165, 1.54) is 35.2 Å². The molecule has 0 aliphatic carbocycles. The molecule has 8 nitrogen and oxygen atoms in total. The van der Waals surface area contributed by atoms with E-state index >= 15 is 0 Å². The van der Waals surface area contributed by atoms with Crippen molar-refractivity contribution in [3.05, 3.63) is 94.9 Å². The Morgan fingerprint density at radius 2 is 1.68 bits per heavy atom. The van der Waals surface area contributed by atoms with Crippen LogP contribution in [0.4, 0.5) is 5.69 Å². The summed E-state index contributed by atoms with van der Waals surface area (Å²) in [4.78, 5) is 32.1. The zero-order valence-corrected chi connectivity index (χ0v) is 21.3. The number of aromatic nitrogens is 1. The Kier molecular flexibility index (Phi) is 6.16. The van der Waals surface area contributed by atoms with Crippen molar-refractivity contribution in [1.82, 2.24) is 4.98 Å². The van der Waals surface area contributed by atoms with Crippen LogP contribution in [-0.4, -0.2) is 31.9 Å². The van der Waals surface area contributed by atoms with Crippen molar-refractivity contribution >= 4 is 27.4 Å². The second-order valence-corrected chi connectivity index (χ2v) is 10.5. The van der Waals surface area contributed by atoms with Gasteiger partial charge >= 0.3 is 5.97 Å². The zero-order valence-electron chi connectivity index (χ0n) is 20.5. The van der Waals surface area contributed by atoms with Gasteiger partial charge in [0.25, 0.3) is 5.91 Å². The number of hydrogen-bond acceptors (Lipinski definition) is 7. The van der Waals surface area contributed by atoms with E-state index in [1.807, 2.05) is 31.2 Å². The van der Waals surface area contributed by atoms with Gasteiger partial charge in [0.15, 0.2) is 0 Å². The van der Waals surface area contributed by atoms with Gasteiger partial charge in [0.1, 0.15) is 11.5 Å². The van der Waals surface area contributed by atoms with Crippen LogP contribution in [-0.2, 0) is 21.1 Å². The summed E-state index contributed by atoms with van der Waals surface area (Å²) >= 11 is 0. The number of fused-ring (bicyclic) bond motifs is 2. The third-order valence-corrected chi connectivity index (χ3v) is 8.14. The molecule has 1 amide bonds. The Morgan fingerprint density at radius 1 is 0.973 bits per heavy atom. The molecule has 0 bridgehead atoms. The number of benzene rings is 3. The van der Waals surface area contributed by atoms with E-state index in [9.17, 15) is 18.0 Å². The number of anilines is 1. The van der Waals surface area contributed by atoms with Gasteiger partial charge in [-0.05, 0) is 62.7 Å². The van der Waals surface area contributed by atoms with E-state index in [0.29, 0.717) is 17.3 Å². The summed E-state index contributed by atoms with van der Waals surface area (Å²) in [6.45, 7) is 5.46. The van der Waals surface area contributed by atoms with Crippen LogP contribution in [0.5, 0.6) is 0 Å². The molecule has 0 saturated heterocycles. The fourth-order valence-corrected chi connectivity index (χ4v) is 5.99. The molecule has 0 atom stereocenters. The van der Waals surface area contributed by atoms with Gasteiger partial charge in [0.2, 0.25) is 15.7 Å². The van der Waals surface area contributed by atoms with Crippen molar-refractivity contribution in [3.8, 4) is 11.5 Å². The van der Waals surface area contributed by atoms with Gasteiger partial charge in [-0.1, -0.05) is 30.3 Å². The van der Waals surface area contributed by atoms with E-state index in [2.05, 4.69) is 4.98 Å². The van der Waals surface area contributed by atoms with E-state index in [0.717, 1.165) is 11.1 Å². The molecule has 37 heavy (non-hydrogen) atoms. The third-order valence-electron chi connectivity index (χ3n) is 6.28. The molecular weight excluding hydrogens is 492 g/mol. The zero-order chi connectivity index (χ0) is 26.3. The summed E-state index contributed by atoms with van der Waals surface area (Å²) < 4.78 is 38.3. The molecule has 3 aromatic carbocycles. The minimum atomic E-state index is -4.06. The lowest BCUT2D eigenvalue weighted by Gasteiger charge is -2.22. The molecule has 9 heteroatoms. The fourth-order valence-electron chi connectivity index (χ4n) is 4.36. The number of esters is 1. The summed E-state index contributed by atoms with van der Waals surface area (Å²) in [6.07, 6.45) is 0. The largest absolute Gasteiger partial charge is 0.462 e. The number of aryl methyl sites for hydroxylation is 2. The second-order valence-electron chi connectivity index (χ2n) is 8.63.